The zero-order chi connectivity index (χ0) is 17.7. The lowest BCUT2D eigenvalue weighted by Crippen LogP contribution is -2.13. The minimum atomic E-state index is -0.574. The van der Waals surface area contributed by atoms with Crippen LogP contribution in [0.1, 0.15) is 15.9 Å². The fraction of sp³-hybridized carbons (Fsp3) is 0.176. The molecule has 0 fully saturated rings. The van der Waals surface area contributed by atoms with E-state index in [0.29, 0.717) is 5.56 Å². The Hall–Kier alpha value is -2.29. The van der Waals surface area contributed by atoms with Crippen LogP contribution in [-0.2, 0) is 9.53 Å². The molecule has 0 heterocycles. The van der Waals surface area contributed by atoms with E-state index >= 15 is 0 Å². The number of methoxy groups -OCH3 is 2. The van der Waals surface area contributed by atoms with Crippen molar-refractivity contribution < 1.29 is 28.9 Å². The molecule has 0 saturated heterocycles. The quantitative estimate of drug-likeness (QED) is 0.421. The number of rotatable bonds is 6. The van der Waals surface area contributed by atoms with Crippen LogP contribution in [0.25, 0.3) is 0 Å². The van der Waals surface area contributed by atoms with Crippen LogP contribution in [-0.4, -0.2) is 37.7 Å². The van der Waals surface area contributed by atoms with Crippen molar-refractivity contribution in [1.29, 1.82) is 0 Å². The van der Waals surface area contributed by atoms with Crippen LogP contribution in [0.15, 0.2) is 36.4 Å². The highest BCUT2D eigenvalue weighted by atomic mass is 127. The Kier molecular flexibility index (Phi) is 6.02. The van der Waals surface area contributed by atoms with Gasteiger partial charge in [-0.1, -0.05) is 12.1 Å². The first kappa shape index (κ1) is 18.1. The number of aromatic hydroxyl groups is 1. The van der Waals surface area contributed by atoms with Crippen molar-refractivity contribution in [1.82, 2.24) is 0 Å². The fourth-order valence-corrected chi connectivity index (χ4v) is 2.62. The second-order valence-corrected chi connectivity index (χ2v) is 5.86. The summed E-state index contributed by atoms with van der Waals surface area (Å²) in [5.74, 6) is -0.808. The van der Waals surface area contributed by atoms with Crippen LogP contribution >= 0.6 is 22.6 Å². The predicted octanol–water partition coefficient (Wildman–Crippen LogP) is 2.79. The van der Waals surface area contributed by atoms with E-state index in [1.807, 2.05) is 6.07 Å². The number of esters is 1. The van der Waals surface area contributed by atoms with Crippen LogP contribution in [0.5, 0.6) is 17.2 Å². The van der Waals surface area contributed by atoms with Gasteiger partial charge < -0.3 is 19.3 Å². The summed E-state index contributed by atoms with van der Waals surface area (Å²) in [7, 11) is 2.64. The molecule has 6 nitrogen and oxygen atoms in total. The number of benzene rings is 2. The van der Waals surface area contributed by atoms with Crippen LogP contribution in [0.3, 0.4) is 0 Å². The lowest BCUT2D eigenvalue weighted by molar-refractivity contribution is -0.142. The van der Waals surface area contributed by atoms with Gasteiger partial charge in [-0.25, -0.2) is 4.79 Å². The topological polar surface area (TPSA) is 82.1 Å². The highest BCUT2D eigenvalue weighted by Crippen LogP contribution is 2.35. The van der Waals surface area contributed by atoms with Gasteiger partial charge in [0.2, 0.25) is 0 Å². The molecule has 0 radical (unpaired) electrons. The molecular formula is C17H15IO6. The average Bonchev–Trinajstić information content (AvgIpc) is 2.59. The van der Waals surface area contributed by atoms with E-state index in [9.17, 15) is 14.7 Å². The molecular weight excluding hydrogens is 427 g/mol. The Morgan fingerprint density at radius 1 is 1.08 bits per heavy atom. The minimum Gasteiger partial charge on any atom is -0.507 e. The second-order valence-electron chi connectivity index (χ2n) is 4.69. The van der Waals surface area contributed by atoms with Gasteiger partial charge in [0.05, 0.1) is 19.8 Å². The lowest BCUT2D eigenvalue weighted by Gasteiger charge is -2.13. The molecule has 2 aromatic rings. The van der Waals surface area contributed by atoms with Gasteiger partial charge in [0.15, 0.2) is 23.9 Å². The lowest BCUT2D eigenvalue weighted by atomic mass is 10.0. The first-order valence-electron chi connectivity index (χ1n) is 6.87. The van der Waals surface area contributed by atoms with E-state index < -0.39 is 5.97 Å². The monoisotopic (exact) mass is 442 g/mol. The van der Waals surface area contributed by atoms with Crippen LogP contribution in [0.4, 0.5) is 0 Å². The molecule has 0 aliphatic heterocycles. The number of hydrogen-bond donors (Lipinski definition) is 1. The summed E-state index contributed by atoms with van der Waals surface area (Å²) in [6.45, 7) is -0.337. The minimum absolute atomic E-state index is 0.0846. The molecule has 2 aromatic carbocycles. The molecule has 24 heavy (non-hydrogen) atoms. The van der Waals surface area contributed by atoms with E-state index in [4.69, 9.17) is 9.47 Å². The molecule has 0 unspecified atom stereocenters. The Balaban J connectivity index is 2.37. The summed E-state index contributed by atoms with van der Waals surface area (Å²) in [6.07, 6.45) is 0. The van der Waals surface area contributed by atoms with E-state index in [1.165, 1.54) is 26.4 Å². The number of phenolic OH excluding ortho intramolecular Hbond substituents is 1. The van der Waals surface area contributed by atoms with Crippen molar-refractivity contribution in [2.45, 2.75) is 0 Å². The molecule has 0 spiro atoms. The Bertz CT molecular complexity index is 772. The van der Waals surface area contributed by atoms with E-state index in [2.05, 4.69) is 27.3 Å². The zero-order valence-electron chi connectivity index (χ0n) is 13.0. The first-order valence-corrected chi connectivity index (χ1v) is 7.95. The van der Waals surface area contributed by atoms with Crippen LogP contribution < -0.4 is 9.47 Å². The summed E-state index contributed by atoms with van der Waals surface area (Å²) in [5.41, 5.74) is 0.556. The zero-order valence-corrected chi connectivity index (χ0v) is 15.2. The number of halogens is 1. The Morgan fingerprint density at radius 3 is 2.42 bits per heavy atom. The van der Waals surface area contributed by atoms with Crippen molar-refractivity contribution in [2.24, 2.45) is 0 Å². The number of carbonyl (C=O) groups is 2. The highest BCUT2D eigenvalue weighted by molar-refractivity contribution is 14.1. The third-order valence-corrected chi connectivity index (χ3v) is 4.16. The summed E-state index contributed by atoms with van der Waals surface area (Å²) in [4.78, 5) is 23.8. The van der Waals surface area contributed by atoms with E-state index in [0.717, 1.165) is 3.57 Å². The number of carbonyl (C=O) groups excluding carboxylic acids is 2. The maximum absolute atomic E-state index is 12.6. The van der Waals surface area contributed by atoms with Crippen molar-refractivity contribution >= 4 is 34.3 Å². The molecule has 0 saturated carbocycles. The van der Waals surface area contributed by atoms with Gasteiger partial charge in [0.1, 0.15) is 5.75 Å². The molecule has 0 bridgehead atoms. The van der Waals surface area contributed by atoms with E-state index in [1.54, 1.807) is 18.2 Å². The summed E-state index contributed by atoms with van der Waals surface area (Å²) < 4.78 is 15.7. The summed E-state index contributed by atoms with van der Waals surface area (Å²) in [6, 6.07) is 9.67. The molecule has 2 rings (SSSR count). The fourth-order valence-electron chi connectivity index (χ4n) is 1.99. The molecule has 0 aliphatic carbocycles. The van der Waals surface area contributed by atoms with E-state index in [-0.39, 0.29) is 35.2 Å². The van der Waals surface area contributed by atoms with Gasteiger partial charge in [-0.3, -0.25) is 4.79 Å². The summed E-state index contributed by atoms with van der Waals surface area (Å²) >= 11 is 2.05. The third kappa shape index (κ3) is 3.97. The maximum Gasteiger partial charge on any atom is 0.343 e. The van der Waals surface area contributed by atoms with Gasteiger partial charge >= 0.3 is 5.97 Å². The van der Waals surface area contributed by atoms with Gasteiger partial charge in [-0.15, -0.1) is 0 Å². The van der Waals surface area contributed by atoms with Crippen molar-refractivity contribution in [2.75, 3.05) is 20.8 Å². The second kappa shape index (κ2) is 8.00. The number of ketones is 1. The van der Waals surface area contributed by atoms with Gasteiger partial charge in [-0.05, 0) is 40.8 Å². The Labute approximate surface area is 152 Å². The average molecular weight is 442 g/mol. The van der Waals surface area contributed by atoms with Crippen molar-refractivity contribution in [3.8, 4) is 17.2 Å². The maximum atomic E-state index is 12.6. The van der Waals surface area contributed by atoms with Gasteiger partial charge in [-0.2, -0.15) is 0 Å². The highest BCUT2D eigenvalue weighted by Gasteiger charge is 2.20. The normalized spacial score (nSPS) is 10.1. The van der Waals surface area contributed by atoms with Gasteiger partial charge in [0.25, 0.3) is 0 Å². The Morgan fingerprint density at radius 2 is 1.79 bits per heavy atom. The number of hydrogen-bond acceptors (Lipinski definition) is 6. The van der Waals surface area contributed by atoms with Crippen molar-refractivity contribution in [3.63, 3.8) is 0 Å². The van der Waals surface area contributed by atoms with Crippen molar-refractivity contribution in [3.05, 3.63) is 51.1 Å². The largest absolute Gasteiger partial charge is 0.507 e. The number of phenols is 1. The van der Waals surface area contributed by atoms with Gasteiger partial charge in [0, 0.05) is 15.2 Å². The smallest absolute Gasteiger partial charge is 0.343 e. The van der Waals surface area contributed by atoms with Crippen LogP contribution in [0, 0.1) is 3.57 Å². The third-order valence-electron chi connectivity index (χ3n) is 3.22. The van der Waals surface area contributed by atoms with Crippen LogP contribution in [0.2, 0.25) is 0 Å². The SMILES string of the molecule is COC(=O)COc1cc(O)c(C(=O)c2ccccc2I)cc1OC. The standard InChI is InChI=1S/C17H15IO6/c1-22-14-7-11(17(21)10-5-3-4-6-12(10)18)13(19)8-15(14)24-9-16(20)23-2/h3-8,19H,9H2,1-2H3. The number of ether oxygens (including phenoxy) is 3. The predicted molar refractivity (Wildman–Crippen MR) is 94.8 cm³/mol. The molecule has 0 amide bonds. The molecule has 1 N–H and O–H groups in total. The molecule has 0 aromatic heterocycles. The first-order chi connectivity index (χ1) is 11.5. The molecule has 0 aliphatic rings. The molecule has 126 valence electrons. The summed E-state index contributed by atoms with van der Waals surface area (Å²) in [5, 5.41) is 10.2. The molecule has 7 heteroatoms. The molecule has 0 atom stereocenters.